The second kappa shape index (κ2) is 10.0. The fraction of sp³-hybridized carbons (Fsp3) is 0.370. The molecule has 9 nitrogen and oxygen atoms in total. The standard InChI is InChI=1S/C27H34N8O/c1-28-22-13-23(26(36-20-7-8-20)15-25(22)34(4)11-10-33(2)3)32-27-14-21(29-17-30-27)18-6-9-24-19(12-18)16-31-35(24)5/h6,9,12-17,20,28H,7-8,10-11H2,1-5H3,(H,29,30,32). The quantitative estimate of drug-likeness (QED) is 0.342. The Morgan fingerprint density at radius 2 is 1.86 bits per heavy atom. The molecular weight excluding hydrogens is 452 g/mol. The number of rotatable bonds is 10. The zero-order valence-corrected chi connectivity index (χ0v) is 21.6. The van der Waals surface area contributed by atoms with Gasteiger partial charge in [0.25, 0.3) is 0 Å². The van der Waals surface area contributed by atoms with Gasteiger partial charge in [0.2, 0.25) is 0 Å². The van der Waals surface area contributed by atoms with Crippen molar-refractivity contribution in [2.45, 2.75) is 18.9 Å². The number of ether oxygens (including phenoxy) is 1. The lowest BCUT2D eigenvalue weighted by Gasteiger charge is -2.26. The van der Waals surface area contributed by atoms with Crippen molar-refractivity contribution in [2.24, 2.45) is 7.05 Å². The molecule has 0 atom stereocenters. The molecule has 2 heterocycles. The Morgan fingerprint density at radius 1 is 1.03 bits per heavy atom. The van der Waals surface area contributed by atoms with E-state index in [9.17, 15) is 0 Å². The molecule has 0 spiro atoms. The van der Waals surface area contributed by atoms with Crippen LogP contribution >= 0.6 is 0 Å². The first-order valence-corrected chi connectivity index (χ1v) is 12.3. The number of nitrogens with one attached hydrogen (secondary N) is 2. The number of benzene rings is 2. The van der Waals surface area contributed by atoms with Crippen molar-refractivity contribution in [3.05, 3.63) is 48.9 Å². The maximum atomic E-state index is 6.33. The van der Waals surface area contributed by atoms with E-state index in [1.807, 2.05) is 31.0 Å². The van der Waals surface area contributed by atoms with Crippen LogP contribution in [-0.2, 0) is 7.05 Å². The largest absolute Gasteiger partial charge is 0.488 e. The Balaban J connectivity index is 1.45. The second-order valence-electron chi connectivity index (χ2n) is 9.61. The normalized spacial score (nSPS) is 13.3. The topological polar surface area (TPSA) is 83.4 Å². The maximum absolute atomic E-state index is 6.33. The van der Waals surface area contributed by atoms with Crippen molar-refractivity contribution in [1.82, 2.24) is 24.6 Å². The molecule has 1 aliphatic rings. The van der Waals surface area contributed by atoms with E-state index in [2.05, 4.69) is 87.0 Å². The van der Waals surface area contributed by atoms with Gasteiger partial charge in [0, 0.05) is 57.3 Å². The molecule has 36 heavy (non-hydrogen) atoms. The lowest BCUT2D eigenvalue weighted by atomic mass is 10.1. The summed E-state index contributed by atoms with van der Waals surface area (Å²) in [6.07, 6.45) is 5.92. The molecule has 1 fully saturated rings. The summed E-state index contributed by atoms with van der Waals surface area (Å²) < 4.78 is 8.20. The molecule has 0 bridgehead atoms. The van der Waals surface area contributed by atoms with Gasteiger partial charge < -0.3 is 25.2 Å². The summed E-state index contributed by atoms with van der Waals surface area (Å²) in [6.45, 7) is 1.88. The summed E-state index contributed by atoms with van der Waals surface area (Å²) in [4.78, 5) is 13.5. The molecule has 188 valence electrons. The zero-order valence-electron chi connectivity index (χ0n) is 21.6. The minimum absolute atomic E-state index is 0.276. The number of hydrogen-bond acceptors (Lipinski definition) is 8. The van der Waals surface area contributed by atoms with E-state index < -0.39 is 0 Å². The second-order valence-corrected chi connectivity index (χ2v) is 9.61. The molecule has 1 aliphatic carbocycles. The van der Waals surface area contributed by atoms with Crippen molar-refractivity contribution in [1.29, 1.82) is 0 Å². The molecule has 0 radical (unpaired) electrons. The molecule has 0 saturated heterocycles. The monoisotopic (exact) mass is 486 g/mol. The minimum Gasteiger partial charge on any atom is -0.488 e. The van der Waals surface area contributed by atoms with Gasteiger partial charge in [-0.3, -0.25) is 4.68 Å². The summed E-state index contributed by atoms with van der Waals surface area (Å²) in [5.41, 5.74) is 5.96. The van der Waals surface area contributed by atoms with Crippen molar-refractivity contribution in [3.63, 3.8) is 0 Å². The molecule has 4 aromatic rings. The van der Waals surface area contributed by atoms with Crippen LogP contribution in [0, 0.1) is 0 Å². The fourth-order valence-corrected chi connectivity index (χ4v) is 4.16. The average Bonchev–Trinajstić information content (AvgIpc) is 3.63. The molecule has 5 rings (SSSR count). The number of fused-ring (bicyclic) bond motifs is 1. The van der Waals surface area contributed by atoms with Crippen molar-refractivity contribution < 1.29 is 4.74 Å². The molecule has 0 amide bonds. The lowest BCUT2D eigenvalue weighted by Crippen LogP contribution is -2.29. The third kappa shape index (κ3) is 5.21. The third-order valence-corrected chi connectivity index (χ3v) is 6.45. The number of likely N-dealkylation sites (N-methyl/N-ethyl adjacent to an activating group) is 2. The van der Waals surface area contributed by atoms with Gasteiger partial charge in [0.15, 0.2) is 0 Å². The van der Waals surface area contributed by atoms with Gasteiger partial charge in [-0.2, -0.15) is 5.10 Å². The predicted molar refractivity (Wildman–Crippen MR) is 146 cm³/mol. The van der Waals surface area contributed by atoms with E-state index in [-0.39, 0.29) is 6.10 Å². The van der Waals surface area contributed by atoms with E-state index in [1.54, 1.807) is 6.33 Å². The molecule has 9 heteroatoms. The summed E-state index contributed by atoms with van der Waals surface area (Å²) in [5.74, 6) is 1.54. The highest BCUT2D eigenvalue weighted by Crippen LogP contribution is 2.40. The predicted octanol–water partition coefficient (Wildman–Crippen LogP) is 4.35. The molecule has 1 saturated carbocycles. The van der Waals surface area contributed by atoms with E-state index in [0.717, 1.165) is 70.9 Å². The Labute approximate surface area is 212 Å². The summed E-state index contributed by atoms with van der Waals surface area (Å²) in [6, 6.07) is 12.4. The van der Waals surface area contributed by atoms with Gasteiger partial charge in [0.05, 0.1) is 40.6 Å². The maximum Gasteiger partial charge on any atom is 0.145 e. The number of aryl methyl sites for hydroxylation is 1. The van der Waals surface area contributed by atoms with E-state index in [1.165, 1.54) is 0 Å². The Morgan fingerprint density at radius 3 is 2.61 bits per heavy atom. The Bertz CT molecular complexity index is 1360. The highest BCUT2D eigenvalue weighted by atomic mass is 16.5. The van der Waals surface area contributed by atoms with Crippen LogP contribution in [0.15, 0.2) is 48.9 Å². The molecule has 2 N–H and O–H groups in total. The first-order valence-electron chi connectivity index (χ1n) is 12.3. The van der Waals surface area contributed by atoms with E-state index in [4.69, 9.17) is 4.74 Å². The van der Waals surface area contributed by atoms with Crippen molar-refractivity contribution >= 4 is 33.8 Å². The van der Waals surface area contributed by atoms with Gasteiger partial charge in [-0.15, -0.1) is 0 Å². The van der Waals surface area contributed by atoms with Crippen LogP contribution in [0.4, 0.5) is 22.9 Å². The van der Waals surface area contributed by atoms with Crippen LogP contribution in [-0.4, -0.2) is 72.0 Å². The van der Waals surface area contributed by atoms with Gasteiger partial charge in [-0.25, -0.2) is 9.97 Å². The van der Waals surface area contributed by atoms with Crippen LogP contribution in [0.5, 0.6) is 5.75 Å². The first-order chi connectivity index (χ1) is 17.4. The summed E-state index contributed by atoms with van der Waals surface area (Å²) >= 11 is 0. The first kappa shape index (κ1) is 23.9. The van der Waals surface area contributed by atoms with E-state index >= 15 is 0 Å². The zero-order chi connectivity index (χ0) is 25.2. The molecule has 0 unspecified atom stereocenters. The van der Waals surface area contributed by atoms with Crippen LogP contribution in [0.3, 0.4) is 0 Å². The lowest BCUT2D eigenvalue weighted by molar-refractivity contribution is 0.305. The fourth-order valence-electron chi connectivity index (χ4n) is 4.16. The SMILES string of the molecule is CNc1cc(Nc2cc(-c3ccc4c(cnn4C)c3)ncn2)c(OC2CC2)cc1N(C)CCN(C)C. The van der Waals surface area contributed by atoms with Gasteiger partial charge in [-0.1, -0.05) is 6.07 Å². The molecular formula is C27H34N8O. The van der Waals surface area contributed by atoms with Crippen molar-refractivity contribution in [2.75, 3.05) is 56.8 Å². The number of nitrogens with zero attached hydrogens (tertiary/aromatic N) is 6. The summed E-state index contributed by atoms with van der Waals surface area (Å²) in [7, 11) is 10.2. The minimum atomic E-state index is 0.276. The Hall–Kier alpha value is -3.85. The highest BCUT2D eigenvalue weighted by Gasteiger charge is 2.26. The summed E-state index contributed by atoms with van der Waals surface area (Å²) in [5, 5.41) is 12.3. The Kier molecular flexibility index (Phi) is 6.65. The van der Waals surface area contributed by atoms with Gasteiger partial charge in [-0.05, 0) is 45.1 Å². The number of hydrogen-bond donors (Lipinski definition) is 2. The van der Waals surface area contributed by atoms with Crippen LogP contribution in [0.1, 0.15) is 12.8 Å². The van der Waals surface area contributed by atoms with E-state index in [0.29, 0.717) is 5.82 Å². The highest BCUT2D eigenvalue weighted by molar-refractivity contribution is 5.85. The smallest absolute Gasteiger partial charge is 0.145 e. The molecule has 2 aromatic heterocycles. The number of anilines is 4. The average molecular weight is 487 g/mol. The van der Waals surface area contributed by atoms with Gasteiger partial charge >= 0.3 is 0 Å². The molecule has 2 aromatic carbocycles. The number of aromatic nitrogens is 4. The van der Waals surface area contributed by atoms with Crippen molar-refractivity contribution in [3.8, 4) is 17.0 Å². The third-order valence-electron chi connectivity index (χ3n) is 6.45. The molecule has 0 aliphatic heterocycles. The van der Waals surface area contributed by atoms with Gasteiger partial charge in [0.1, 0.15) is 17.9 Å². The van der Waals surface area contributed by atoms with Crippen LogP contribution < -0.4 is 20.3 Å². The van der Waals surface area contributed by atoms with Crippen LogP contribution in [0.2, 0.25) is 0 Å². The van der Waals surface area contributed by atoms with Crippen LogP contribution in [0.25, 0.3) is 22.2 Å².